The Morgan fingerprint density at radius 3 is 2.35 bits per heavy atom. The highest BCUT2D eigenvalue weighted by molar-refractivity contribution is 5.68. The maximum absolute atomic E-state index is 11.4. The highest BCUT2D eigenvalue weighted by Crippen LogP contribution is 2.15. The molecule has 1 amide bonds. The Bertz CT molecular complexity index is 453. The van der Waals surface area contributed by atoms with Crippen LogP contribution in [0.15, 0.2) is 30.3 Å². The van der Waals surface area contributed by atoms with Crippen LogP contribution in [0.5, 0.6) is 0 Å². The Balaban J connectivity index is 2.40. The van der Waals surface area contributed by atoms with E-state index in [2.05, 4.69) is 43.4 Å². The van der Waals surface area contributed by atoms with Gasteiger partial charge in [0.1, 0.15) is 5.60 Å². The molecule has 0 atom stereocenters. The number of carbonyl (C=O) groups is 1. The van der Waals surface area contributed by atoms with Gasteiger partial charge in [-0.15, -0.1) is 0 Å². The first-order valence-corrected chi connectivity index (χ1v) is 7.01. The van der Waals surface area contributed by atoms with Gasteiger partial charge in [-0.3, -0.25) is 0 Å². The number of hydrogen-bond donors (Lipinski definition) is 1. The summed E-state index contributed by atoms with van der Waals surface area (Å²) in [6.07, 6.45) is 3.51. The van der Waals surface area contributed by atoms with E-state index < -0.39 is 11.7 Å². The van der Waals surface area contributed by atoms with Crippen LogP contribution in [0.1, 0.15) is 51.7 Å². The monoisotopic (exact) mass is 275 g/mol. The highest BCUT2D eigenvalue weighted by atomic mass is 16.6. The summed E-state index contributed by atoms with van der Waals surface area (Å²) >= 11 is 0. The summed E-state index contributed by atoms with van der Waals surface area (Å²) in [5, 5.41) is 2.69. The number of rotatable bonds is 4. The van der Waals surface area contributed by atoms with E-state index in [4.69, 9.17) is 4.74 Å². The minimum atomic E-state index is -0.458. The van der Waals surface area contributed by atoms with E-state index in [9.17, 15) is 4.79 Å². The molecule has 3 heteroatoms. The molecule has 1 N–H and O–H groups in total. The fraction of sp³-hybridized carbons (Fsp3) is 0.471. The molecule has 110 valence electrons. The Kier molecular flexibility index (Phi) is 5.81. The fourth-order valence-corrected chi connectivity index (χ4v) is 1.64. The third-order valence-corrected chi connectivity index (χ3v) is 2.68. The van der Waals surface area contributed by atoms with Crippen molar-refractivity contribution in [3.8, 4) is 0 Å². The van der Waals surface area contributed by atoms with Crippen molar-refractivity contribution < 1.29 is 9.53 Å². The Hall–Kier alpha value is -1.77. The second-order valence-corrected chi connectivity index (χ2v) is 6.11. The van der Waals surface area contributed by atoms with Crippen LogP contribution in [0, 0.1) is 0 Å². The Labute approximate surface area is 122 Å². The lowest BCUT2D eigenvalue weighted by molar-refractivity contribution is 0.0534. The van der Waals surface area contributed by atoms with Gasteiger partial charge in [0.25, 0.3) is 0 Å². The summed E-state index contributed by atoms with van der Waals surface area (Å²) < 4.78 is 5.15. The van der Waals surface area contributed by atoms with Crippen LogP contribution in [0.3, 0.4) is 0 Å². The molecule has 0 aliphatic carbocycles. The lowest BCUT2D eigenvalue weighted by atomic mass is 10.0. The van der Waals surface area contributed by atoms with E-state index in [-0.39, 0.29) is 0 Å². The first-order valence-electron chi connectivity index (χ1n) is 7.01. The van der Waals surface area contributed by atoms with E-state index in [0.717, 1.165) is 5.56 Å². The lowest BCUT2D eigenvalue weighted by Gasteiger charge is -2.19. The van der Waals surface area contributed by atoms with Crippen LogP contribution in [0.2, 0.25) is 0 Å². The summed E-state index contributed by atoms with van der Waals surface area (Å²) in [6, 6.07) is 8.43. The van der Waals surface area contributed by atoms with Crippen molar-refractivity contribution in [2.45, 2.75) is 46.1 Å². The average molecular weight is 275 g/mol. The first kappa shape index (κ1) is 16.3. The van der Waals surface area contributed by atoms with Gasteiger partial charge in [-0.05, 0) is 37.8 Å². The quantitative estimate of drug-likeness (QED) is 0.887. The average Bonchev–Trinajstić information content (AvgIpc) is 2.33. The van der Waals surface area contributed by atoms with Crippen molar-refractivity contribution in [2.75, 3.05) is 6.54 Å². The molecule has 20 heavy (non-hydrogen) atoms. The maximum Gasteiger partial charge on any atom is 0.407 e. The molecule has 0 unspecified atom stereocenters. The van der Waals surface area contributed by atoms with Crippen LogP contribution in [0.4, 0.5) is 4.79 Å². The molecule has 1 aromatic carbocycles. The van der Waals surface area contributed by atoms with Crippen LogP contribution in [-0.2, 0) is 4.74 Å². The van der Waals surface area contributed by atoms with Crippen LogP contribution in [0.25, 0.3) is 6.08 Å². The van der Waals surface area contributed by atoms with Crippen LogP contribution < -0.4 is 5.32 Å². The summed E-state index contributed by atoms with van der Waals surface area (Å²) in [5.74, 6) is 0.543. The molecule has 0 radical (unpaired) electrons. The SMILES string of the molecule is CC(C)c1ccc(C=CCNC(=O)OC(C)(C)C)cc1. The van der Waals surface area contributed by atoms with Crippen molar-refractivity contribution in [3.05, 3.63) is 41.5 Å². The van der Waals surface area contributed by atoms with Crippen molar-refractivity contribution >= 4 is 12.2 Å². The summed E-state index contributed by atoms with van der Waals surface area (Å²) in [7, 11) is 0. The number of alkyl carbamates (subject to hydrolysis) is 1. The first-order chi connectivity index (χ1) is 9.28. The molecule has 1 aromatic rings. The van der Waals surface area contributed by atoms with Gasteiger partial charge in [-0.25, -0.2) is 4.79 Å². The van der Waals surface area contributed by atoms with Gasteiger partial charge in [-0.2, -0.15) is 0 Å². The number of carbonyl (C=O) groups excluding carboxylic acids is 1. The number of ether oxygens (including phenoxy) is 1. The third-order valence-electron chi connectivity index (χ3n) is 2.68. The molecule has 1 rings (SSSR count). The molecule has 0 saturated heterocycles. The van der Waals surface area contributed by atoms with Gasteiger partial charge >= 0.3 is 6.09 Å². The smallest absolute Gasteiger partial charge is 0.407 e. The molecule has 0 aliphatic heterocycles. The second-order valence-electron chi connectivity index (χ2n) is 6.11. The van der Waals surface area contributed by atoms with E-state index >= 15 is 0 Å². The molecular weight excluding hydrogens is 250 g/mol. The van der Waals surface area contributed by atoms with Crippen molar-refractivity contribution in [1.29, 1.82) is 0 Å². The van der Waals surface area contributed by atoms with Gasteiger partial charge in [0.15, 0.2) is 0 Å². The summed E-state index contributed by atoms with van der Waals surface area (Å²) in [4.78, 5) is 11.4. The molecule has 0 bridgehead atoms. The maximum atomic E-state index is 11.4. The third kappa shape index (κ3) is 6.41. The minimum absolute atomic E-state index is 0.391. The topological polar surface area (TPSA) is 38.3 Å². The highest BCUT2D eigenvalue weighted by Gasteiger charge is 2.14. The van der Waals surface area contributed by atoms with Crippen molar-refractivity contribution in [1.82, 2.24) is 5.32 Å². The van der Waals surface area contributed by atoms with Gasteiger partial charge < -0.3 is 10.1 Å². The standard InChI is InChI=1S/C17H25NO2/c1-13(2)15-10-8-14(9-11-15)7-6-12-18-16(19)20-17(3,4)5/h6-11,13H,12H2,1-5H3,(H,18,19). The van der Waals surface area contributed by atoms with Crippen LogP contribution >= 0.6 is 0 Å². The number of hydrogen-bond acceptors (Lipinski definition) is 2. The van der Waals surface area contributed by atoms with E-state index in [0.29, 0.717) is 12.5 Å². The molecule has 0 heterocycles. The molecule has 0 saturated carbocycles. The Morgan fingerprint density at radius 2 is 1.85 bits per heavy atom. The minimum Gasteiger partial charge on any atom is -0.444 e. The zero-order valence-corrected chi connectivity index (χ0v) is 13.1. The van der Waals surface area contributed by atoms with E-state index in [1.165, 1.54) is 5.56 Å². The van der Waals surface area contributed by atoms with E-state index in [1.807, 2.05) is 32.9 Å². The Morgan fingerprint density at radius 1 is 1.25 bits per heavy atom. The zero-order chi connectivity index (χ0) is 15.2. The van der Waals surface area contributed by atoms with Gasteiger partial charge in [0.05, 0.1) is 0 Å². The molecule has 3 nitrogen and oxygen atoms in total. The van der Waals surface area contributed by atoms with Crippen molar-refractivity contribution in [2.24, 2.45) is 0 Å². The van der Waals surface area contributed by atoms with Gasteiger partial charge in [0.2, 0.25) is 0 Å². The largest absolute Gasteiger partial charge is 0.444 e. The number of nitrogens with one attached hydrogen (secondary N) is 1. The fourth-order valence-electron chi connectivity index (χ4n) is 1.64. The predicted molar refractivity (Wildman–Crippen MR) is 83.8 cm³/mol. The normalized spacial score (nSPS) is 11.9. The zero-order valence-electron chi connectivity index (χ0n) is 13.1. The number of benzene rings is 1. The van der Waals surface area contributed by atoms with Gasteiger partial charge in [0, 0.05) is 6.54 Å². The molecular formula is C17H25NO2. The lowest BCUT2D eigenvalue weighted by Crippen LogP contribution is -2.32. The molecule has 0 fully saturated rings. The predicted octanol–water partition coefficient (Wildman–Crippen LogP) is 4.35. The van der Waals surface area contributed by atoms with Crippen molar-refractivity contribution in [3.63, 3.8) is 0 Å². The second kappa shape index (κ2) is 7.13. The number of amides is 1. The molecule has 0 aromatic heterocycles. The molecule has 0 aliphatic rings. The summed E-state index contributed by atoms with van der Waals surface area (Å²) in [6.45, 7) is 10.3. The van der Waals surface area contributed by atoms with Gasteiger partial charge in [-0.1, -0.05) is 50.3 Å². The molecule has 0 spiro atoms. The van der Waals surface area contributed by atoms with Crippen LogP contribution in [-0.4, -0.2) is 18.2 Å². The summed E-state index contributed by atoms with van der Waals surface area (Å²) in [5.41, 5.74) is 2.00. The van der Waals surface area contributed by atoms with E-state index in [1.54, 1.807) is 0 Å².